The van der Waals surface area contributed by atoms with Gasteiger partial charge in [-0.3, -0.25) is 4.79 Å². The molecular weight excluding hydrogens is 236 g/mol. The summed E-state index contributed by atoms with van der Waals surface area (Å²) < 4.78 is 0.929. The molecule has 0 unspecified atom stereocenters. The molecule has 0 atom stereocenters. The van der Waals surface area contributed by atoms with Gasteiger partial charge in [0.2, 0.25) is 0 Å². The maximum absolute atomic E-state index is 11.4. The summed E-state index contributed by atoms with van der Waals surface area (Å²) in [5.74, 6) is 0.837. The summed E-state index contributed by atoms with van der Waals surface area (Å²) in [5.41, 5.74) is 2.07. The van der Waals surface area contributed by atoms with Crippen LogP contribution in [-0.4, -0.2) is 11.5 Å². The molecule has 0 spiro atoms. The highest BCUT2D eigenvalue weighted by atomic mass is 79.9. The Hall–Kier alpha value is -0.280. The third-order valence-corrected chi connectivity index (χ3v) is 3.81. The summed E-state index contributed by atoms with van der Waals surface area (Å²) in [6.07, 6.45) is 0. The summed E-state index contributed by atoms with van der Waals surface area (Å²) in [5, 5.41) is 0. The maximum Gasteiger partial charge on any atom is 0.175 e. The molecule has 3 heteroatoms. The van der Waals surface area contributed by atoms with E-state index in [-0.39, 0.29) is 5.78 Å². The van der Waals surface area contributed by atoms with Crippen molar-refractivity contribution in [1.29, 1.82) is 0 Å². The zero-order valence-electron chi connectivity index (χ0n) is 6.56. The molecule has 0 amide bonds. The normalized spacial score (nSPS) is 15.0. The first-order chi connectivity index (χ1) is 5.70. The Morgan fingerprint density at radius 3 is 2.92 bits per heavy atom. The molecular formula is C9H7BrOS. The van der Waals surface area contributed by atoms with Gasteiger partial charge in [-0.15, -0.1) is 11.8 Å². The number of rotatable bonds is 0. The van der Waals surface area contributed by atoms with Gasteiger partial charge < -0.3 is 0 Å². The van der Waals surface area contributed by atoms with Crippen molar-refractivity contribution in [3.05, 3.63) is 27.7 Å². The Bertz CT molecular complexity index is 360. The van der Waals surface area contributed by atoms with Gasteiger partial charge in [-0.1, -0.05) is 22.0 Å². The number of hydrogen-bond donors (Lipinski definition) is 0. The zero-order chi connectivity index (χ0) is 8.72. The van der Waals surface area contributed by atoms with Gasteiger partial charge in [0, 0.05) is 14.9 Å². The van der Waals surface area contributed by atoms with Crippen molar-refractivity contribution in [2.45, 2.75) is 11.8 Å². The van der Waals surface area contributed by atoms with E-state index in [0.29, 0.717) is 5.75 Å². The van der Waals surface area contributed by atoms with Crippen molar-refractivity contribution < 1.29 is 4.79 Å². The number of carbonyl (C=O) groups is 1. The van der Waals surface area contributed by atoms with Crippen LogP contribution in [0.4, 0.5) is 0 Å². The van der Waals surface area contributed by atoms with Crippen LogP contribution in [0.25, 0.3) is 0 Å². The van der Waals surface area contributed by atoms with E-state index < -0.39 is 0 Å². The zero-order valence-corrected chi connectivity index (χ0v) is 8.96. The van der Waals surface area contributed by atoms with Crippen molar-refractivity contribution in [1.82, 2.24) is 0 Å². The minimum atomic E-state index is 0.241. The van der Waals surface area contributed by atoms with Crippen molar-refractivity contribution in [3.63, 3.8) is 0 Å². The average Bonchev–Trinajstić information content (AvgIpc) is 2.42. The van der Waals surface area contributed by atoms with Gasteiger partial charge in [0.15, 0.2) is 5.78 Å². The molecule has 1 aromatic carbocycles. The van der Waals surface area contributed by atoms with Gasteiger partial charge in [-0.05, 0) is 18.6 Å². The van der Waals surface area contributed by atoms with Gasteiger partial charge >= 0.3 is 0 Å². The van der Waals surface area contributed by atoms with Crippen LogP contribution in [0.1, 0.15) is 15.9 Å². The number of Topliss-reactive ketones (excluding diaryl/α,β-unsaturated/α-hetero) is 1. The van der Waals surface area contributed by atoms with E-state index in [1.54, 1.807) is 11.8 Å². The Balaban J connectivity index is 2.72. The average molecular weight is 243 g/mol. The third kappa shape index (κ3) is 1.12. The van der Waals surface area contributed by atoms with Crippen molar-refractivity contribution in [3.8, 4) is 0 Å². The second-order valence-electron chi connectivity index (χ2n) is 2.78. The molecule has 0 bridgehead atoms. The highest BCUT2D eigenvalue weighted by Crippen LogP contribution is 2.38. The van der Waals surface area contributed by atoms with Gasteiger partial charge in [-0.2, -0.15) is 0 Å². The Morgan fingerprint density at radius 1 is 1.50 bits per heavy atom. The minimum absolute atomic E-state index is 0.241. The predicted molar refractivity (Wildman–Crippen MR) is 53.9 cm³/mol. The smallest absolute Gasteiger partial charge is 0.175 e. The number of fused-ring (bicyclic) bond motifs is 1. The van der Waals surface area contributed by atoms with E-state index in [0.717, 1.165) is 14.9 Å². The number of halogens is 1. The number of carbonyl (C=O) groups excluding carboxylic acids is 1. The molecule has 0 radical (unpaired) electrons. The second-order valence-corrected chi connectivity index (χ2v) is 4.62. The molecule has 1 aliphatic heterocycles. The van der Waals surface area contributed by atoms with Crippen LogP contribution in [-0.2, 0) is 0 Å². The Labute approximate surface area is 83.7 Å². The molecule has 62 valence electrons. The van der Waals surface area contributed by atoms with Crippen LogP contribution in [0.5, 0.6) is 0 Å². The van der Waals surface area contributed by atoms with E-state index in [9.17, 15) is 4.79 Å². The number of ketones is 1. The molecule has 1 aliphatic rings. The number of hydrogen-bond acceptors (Lipinski definition) is 2. The van der Waals surface area contributed by atoms with Gasteiger partial charge in [0.25, 0.3) is 0 Å². The standard InChI is InChI=1S/C9H7BrOS/c1-5-2-3-6(10)8-7(11)4-12-9(5)8/h2-3H,4H2,1H3. The molecule has 1 aromatic rings. The lowest BCUT2D eigenvalue weighted by atomic mass is 10.1. The van der Waals surface area contributed by atoms with E-state index in [2.05, 4.69) is 15.9 Å². The fourth-order valence-electron chi connectivity index (χ4n) is 1.32. The second kappa shape index (κ2) is 2.89. The molecule has 0 aliphatic carbocycles. The van der Waals surface area contributed by atoms with E-state index >= 15 is 0 Å². The number of aryl methyl sites for hydroxylation is 1. The highest BCUT2D eigenvalue weighted by molar-refractivity contribution is 9.10. The summed E-state index contributed by atoms with van der Waals surface area (Å²) in [4.78, 5) is 12.5. The van der Waals surface area contributed by atoms with Gasteiger partial charge in [0.1, 0.15) is 0 Å². The van der Waals surface area contributed by atoms with Gasteiger partial charge in [0.05, 0.1) is 5.75 Å². The molecule has 1 heterocycles. The first kappa shape index (κ1) is 8.32. The lowest BCUT2D eigenvalue weighted by molar-refractivity contribution is 0.102. The molecule has 0 saturated carbocycles. The van der Waals surface area contributed by atoms with Crippen molar-refractivity contribution in [2.75, 3.05) is 5.75 Å². The molecule has 0 aromatic heterocycles. The SMILES string of the molecule is Cc1ccc(Br)c2c1SCC2=O. The van der Waals surface area contributed by atoms with Crippen LogP contribution in [0.3, 0.4) is 0 Å². The fraction of sp³-hybridized carbons (Fsp3) is 0.222. The van der Waals surface area contributed by atoms with Crippen molar-refractivity contribution in [2.24, 2.45) is 0 Å². The van der Waals surface area contributed by atoms with E-state index in [4.69, 9.17) is 0 Å². The first-order valence-electron chi connectivity index (χ1n) is 3.65. The summed E-state index contributed by atoms with van der Waals surface area (Å²) in [6.45, 7) is 2.04. The Morgan fingerprint density at radius 2 is 2.25 bits per heavy atom. The van der Waals surface area contributed by atoms with Crippen LogP contribution in [0.2, 0.25) is 0 Å². The monoisotopic (exact) mass is 242 g/mol. The third-order valence-electron chi connectivity index (χ3n) is 1.93. The highest BCUT2D eigenvalue weighted by Gasteiger charge is 2.23. The topological polar surface area (TPSA) is 17.1 Å². The van der Waals surface area contributed by atoms with Crippen LogP contribution in [0, 0.1) is 6.92 Å². The quantitative estimate of drug-likeness (QED) is 0.696. The van der Waals surface area contributed by atoms with Crippen LogP contribution < -0.4 is 0 Å². The number of thioether (sulfide) groups is 1. The first-order valence-corrected chi connectivity index (χ1v) is 5.43. The minimum Gasteiger partial charge on any atom is -0.293 e. The number of benzene rings is 1. The lowest BCUT2D eigenvalue weighted by Gasteiger charge is -2.02. The van der Waals surface area contributed by atoms with E-state index in [1.165, 1.54) is 5.56 Å². The predicted octanol–water partition coefficient (Wildman–Crippen LogP) is 3.05. The largest absolute Gasteiger partial charge is 0.293 e. The molecule has 0 N–H and O–H groups in total. The molecule has 2 rings (SSSR count). The maximum atomic E-state index is 11.4. The summed E-state index contributed by atoms with van der Waals surface area (Å²) in [6, 6.07) is 3.98. The van der Waals surface area contributed by atoms with Gasteiger partial charge in [-0.25, -0.2) is 0 Å². The lowest BCUT2D eigenvalue weighted by Crippen LogP contribution is -1.96. The fourth-order valence-corrected chi connectivity index (χ4v) is 3.08. The van der Waals surface area contributed by atoms with Crippen molar-refractivity contribution >= 4 is 33.5 Å². The summed E-state index contributed by atoms with van der Waals surface area (Å²) >= 11 is 5.02. The molecule has 0 saturated heterocycles. The summed E-state index contributed by atoms with van der Waals surface area (Å²) in [7, 11) is 0. The Kier molecular flexibility index (Phi) is 2.00. The molecule has 12 heavy (non-hydrogen) atoms. The molecule has 1 nitrogen and oxygen atoms in total. The van der Waals surface area contributed by atoms with Crippen LogP contribution >= 0.6 is 27.7 Å². The van der Waals surface area contributed by atoms with Crippen LogP contribution in [0.15, 0.2) is 21.5 Å². The van der Waals surface area contributed by atoms with E-state index in [1.807, 2.05) is 19.1 Å². The molecule has 0 fully saturated rings.